The topological polar surface area (TPSA) is 38.3 Å². The first-order valence-corrected chi connectivity index (χ1v) is 8.27. The lowest BCUT2D eigenvalue weighted by atomic mass is 9.91. The number of benzene rings is 1. The fourth-order valence-electron chi connectivity index (χ4n) is 2.83. The van der Waals surface area contributed by atoms with Gasteiger partial charge in [0.1, 0.15) is 5.75 Å². The van der Waals surface area contributed by atoms with Crippen molar-refractivity contribution in [2.24, 2.45) is 0 Å². The smallest absolute Gasteiger partial charge is 0.260 e. The average Bonchev–Trinajstić information content (AvgIpc) is 2.51. The maximum atomic E-state index is 12.0. The van der Waals surface area contributed by atoms with Gasteiger partial charge < -0.3 is 10.1 Å². The monoisotopic (exact) mass is 289 g/mol. The van der Waals surface area contributed by atoms with Crippen molar-refractivity contribution in [3.05, 3.63) is 29.3 Å². The lowest BCUT2D eigenvalue weighted by Crippen LogP contribution is -2.37. The zero-order valence-electron chi connectivity index (χ0n) is 13.3. The van der Waals surface area contributed by atoms with Gasteiger partial charge in [0, 0.05) is 6.54 Å². The summed E-state index contributed by atoms with van der Waals surface area (Å²) in [4.78, 5) is 12.0. The molecule has 2 rings (SSSR count). The van der Waals surface area contributed by atoms with Crippen LogP contribution in [0.4, 0.5) is 0 Å². The second kappa shape index (κ2) is 8.06. The van der Waals surface area contributed by atoms with E-state index in [-0.39, 0.29) is 5.91 Å². The van der Waals surface area contributed by atoms with Crippen LogP contribution in [0.15, 0.2) is 18.2 Å². The van der Waals surface area contributed by atoms with Crippen LogP contribution in [0.25, 0.3) is 0 Å². The van der Waals surface area contributed by atoms with Gasteiger partial charge in [-0.1, -0.05) is 31.9 Å². The summed E-state index contributed by atoms with van der Waals surface area (Å²) in [6.07, 6.45) is 7.59. The van der Waals surface area contributed by atoms with Crippen LogP contribution >= 0.6 is 0 Å². The van der Waals surface area contributed by atoms with Crippen molar-refractivity contribution in [3.63, 3.8) is 0 Å². The number of hydrogen-bond donors (Lipinski definition) is 1. The molecule has 3 heteroatoms. The highest BCUT2D eigenvalue weighted by atomic mass is 16.5. The van der Waals surface area contributed by atoms with E-state index in [1.54, 1.807) is 0 Å². The molecule has 1 aromatic rings. The van der Waals surface area contributed by atoms with Crippen LogP contribution in [0.1, 0.15) is 57.1 Å². The molecular formula is C18H27NO2. The number of carbonyl (C=O) groups excluding carboxylic acids is 1. The number of fused-ring (bicyclic) bond motifs is 1. The van der Waals surface area contributed by atoms with Gasteiger partial charge in [0.2, 0.25) is 0 Å². The molecular weight excluding hydrogens is 262 g/mol. The maximum Gasteiger partial charge on any atom is 0.260 e. The summed E-state index contributed by atoms with van der Waals surface area (Å²) in [5, 5.41) is 2.95. The Morgan fingerprint density at radius 2 is 2.10 bits per heavy atom. The van der Waals surface area contributed by atoms with Gasteiger partial charge in [-0.25, -0.2) is 0 Å². The molecule has 1 aliphatic rings. The highest BCUT2D eigenvalue weighted by Gasteiger charge is 2.18. The number of aryl methyl sites for hydroxylation is 1. The molecule has 1 N–H and O–H groups in total. The molecule has 1 aliphatic carbocycles. The molecule has 0 fully saturated rings. The molecule has 1 aromatic carbocycles. The predicted molar refractivity (Wildman–Crippen MR) is 85.7 cm³/mol. The van der Waals surface area contributed by atoms with Crippen molar-refractivity contribution in [1.29, 1.82) is 0 Å². The Hall–Kier alpha value is -1.51. The number of nitrogens with one attached hydrogen (secondary N) is 1. The van der Waals surface area contributed by atoms with E-state index in [9.17, 15) is 4.79 Å². The van der Waals surface area contributed by atoms with Crippen LogP contribution in [0.5, 0.6) is 5.75 Å². The summed E-state index contributed by atoms with van der Waals surface area (Å²) in [5.41, 5.74) is 2.68. The van der Waals surface area contributed by atoms with Crippen molar-refractivity contribution in [2.45, 2.75) is 64.9 Å². The minimum absolute atomic E-state index is 0.0143. The van der Waals surface area contributed by atoms with Gasteiger partial charge in [-0.2, -0.15) is 0 Å². The van der Waals surface area contributed by atoms with Crippen LogP contribution < -0.4 is 10.1 Å². The van der Waals surface area contributed by atoms with Gasteiger partial charge in [-0.3, -0.25) is 4.79 Å². The third-order valence-corrected chi connectivity index (χ3v) is 4.11. The molecule has 0 spiro atoms. The van der Waals surface area contributed by atoms with Gasteiger partial charge in [0.05, 0.1) is 0 Å². The van der Waals surface area contributed by atoms with Crippen LogP contribution in [0, 0.1) is 0 Å². The van der Waals surface area contributed by atoms with E-state index in [1.165, 1.54) is 24.0 Å². The zero-order chi connectivity index (χ0) is 15.1. The average molecular weight is 289 g/mol. The predicted octanol–water partition coefficient (Wildman–Crippen LogP) is 3.64. The van der Waals surface area contributed by atoms with Crippen LogP contribution in [-0.4, -0.2) is 18.6 Å². The minimum Gasteiger partial charge on any atom is -0.481 e. The number of rotatable bonds is 7. The molecule has 116 valence electrons. The highest BCUT2D eigenvalue weighted by molar-refractivity contribution is 5.80. The second-order valence-corrected chi connectivity index (χ2v) is 5.86. The number of unbranched alkanes of at least 4 members (excludes halogenated alkanes) is 2. The van der Waals surface area contributed by atoms with Gasteiger partial charge in [-0.05, 0) is 56.2 Å². The van der Waals surface area contributed by atoms with Crippen LogP contribution in [-0.2, 0) is 17.6 Å². The molecule has 0 radical (unpaired) electrons. The largest absolute Gasteiger partial charge is 0.481 e. The van der Waals surface area contributed by atoms with Crippen molar-refractivity contribution < 1.29 is 9.53 Å². The standard InChI is InChI=1S/C18H27NO2/c1-3-4-7-13-19-18(20)14(2)21-17-12-8-10-15-9-5-6-11-16(15)17/h8,10,12,14H,3-7,9,11,13H2,1-2H3,(H,19,20)/t14-/m0/s1. The summed E-state index contributed by atoms with van der Waals surface area (Å²) < 4.78 is 5.92. The van der Waals surface area contributed by atoms with Crippen molar-refractivity contribution in [1.82, 2.24) is 5.32 Å². The summed E-state index contributed by atoms with van der Waals surface area (Å²) in [7, 11) is 0. The quantitative estimate of drug-likeness (QED) is 0.778. The van der Waals surface area contributed by atoms with Crippen LogP contribution in [0.2, 0.25) is 0 Å². The zero-order valence-corrected chi connectivity index (χ0v) is 13.3. The summed E-state index contributed by atoms with van der Waals surface area (Å²) in [6.45, 7) is 4.73. The Labute approximate surface area is 128 Å². The first kappa shape index (κ1) is 15.9. The van der Waals surface area contributed by atoms with Gasteiger partial charge in [0.15, 0.2) is 6.10 Å². The maximum absolute atomic E-state index is 12.0. The fourth-order valence-corrected chi connectivity index (χ4v) is 2.83. The summed E-state index contributed by atoms with van der Waals surface area (Å²) in [6, 6.07) is 6.20. The molecule has 1 amide bonds. The summed E-state index contributed by atoms with van der Waals surface area (Å²) in [5.74, 6) is 0.878. The van der Waals surface area contributed by atoms with Gasteiger partial charge in [-0.15, -0.1) is 0 Å². The first-order valence-electron chi connectivity index (χ1n) is 8.27. The normalized spacial score (nSPS) is 15.1. The van der Waals surface area contributed by atoms with Gasteiger partial charge >= 0.3 is 0 Å². The Morgan fingerprint density at radius 3 is 2.90 bits per heavy atom. The van der Waals surface area contributed by atoms with E-state index in [0.717, 1.165) is 44.4 Å². The molecule has 21 heavy (non-hydrogen) atoms. The lowest BCUT2D eigenvalue weighted by molar-refractivity contribution is -0.127. The Balaban J connectivity index is 1.90. The van der Waals surface area contributed by atoms with E-state index >= 15 is 0 Å². The Bertz CT molecular complexity index is 470. The SMILES string of the molecule is CCCCCNC(=O)[C@H](C)Oc1cccc2c1CCCC2. The van der Waals surface area contributed by atoms with E-state index in [1.807, 2.05) is 19.1 Å². The van der Waals surface area contributed by atoms with Gasteiger partial charge in [0.25, 0.3) is 5.91 Å². The third kappa shape index (κ3) is 4.48. The third-order valence-electron chi connectivity index (χ3n) is 4.11. The molecule has 0 unspecified atom stereocenters. The number of ether oxygens (including phenoxy) is 1. The molecule has 0 bridgehead atoms. The van der Waals surface area contributed by atoms with E-state index < -0.39 is 6.10 Å². The van der Waals surface area contributed by atoms with Crippen molar-refractivity contribution >= 4 is 5.91 Å². The van der Waals surface area contributed by atoms with Crippen molar-refractivity contribution in [3.8, 4) is 5.75 Å². The number of amides is 1. The van der Waals surface area contributed by atoms with E-state index in [4.69, 9.17) is 4.74 Å². The lowest BCUT2D eigenvalue weighted by Gasteiger charge is -2.22. The van der Waals surface area contributed by atoms with E-state index in [2.05, 4.69) is 18.3 Å². The minimum atomic E-state index is -0.431. The number of carbonyl (C=O) groups is 1. The Morgan fingerprint density at radius 1 is 1.29 bits per heavy atom. The Kier molecular flexibility index (Phi) is 6.09. The van der Waals surface area contributed by atoms with Crippen molar-refractivity contribution in [2.75, 3.05) is 6.54 Å². The first-order chi connectivity index (χ1) is 10.2. The molecule has 3 nitrogen and oxygen atoms in total. The fraction of sp³-hybridized carbons (Fsp3) is 0.611. The van der Waals surface area contributed by atoms with E-state index in [0.29, 0.717) is 0 Å². The molecule has 0 heterocycles. The van der Waals surface area contributed by atoms with Crippen LogP contribution in [0.3, 0.4) is 0 Å². The summed E-state index contributed by atoms with van der Waals surface area (Å²) >= 11 is 0. The molecule has 1 atom stereocenters. The second-order valence-electron chi connectivity index (χ2n) is 5.86. The molecule has 0 saturated heterocycles. The highest BCUT2D eigenvalue weighted by Crippen LogP contribution is 2.30. The molecule has 0 aliphatic heterocycles. The number of hydrogen-bond acceptors (Lipinski definition) is 2. The molecule has 0 saturated carbocycles. The molecule has 0 aromatic heterocycles.